The largest absolute Gasteiger partial charge is 0.319 e. The number of pyridine rings is 1. The van der Waals surface area contributed by atoms with Crippen LogP contribution in [0.5, 0.6) is 0 Å². The molecule has 1 aromatic heterocycles. The van der Waals surface area contributed by atoms with Gasteiger partial charge >= 0.3 is 0 Å². The molecule has 0 saturated heterocycles. The third kappa shape index (κ3) is 3.31. The molecule has 0 fully saturated rings. The van der Waals surface area contributed by atoms with Gasteiger partial charge in [-0.15, -0.1) is 0 Å². The average molecular weight is 206 g/mol. The van der Waals surface area contributed by atoms with Gasteiger partial charge in [-0.25, -0.2) is 0 Å². The van der Waals surface area contributed by atoms with E-state index in [0.29, 0.717) is 5.92 Å². The molecule has 0 aliphatic rings. The fraction of sp³-hybridized carbons (Fsp3) is 0.615. The number of likely N-dealkylation sites (N-methyl/N-ethyl adjacent to an activating group) is 1. The highest BCUT2D eigenvalue weighted by Gasteiger charge is 2.19. The zero-order valence-electron chi connectivity index (χ0n) is 10.0. The molecule has 2 nitrogen and oxygen atoms in total. The van der Waals surface area contributed by atoms with E-state index < -0.39 is 0 Å². The Labute approximate surface area is 93.1 Å². The lowest BCUT2D eigenvalue weighted by Gasteiger charge is -2.25. The third-order valence-corrected chi connectivity index (χ3v) is 3.15. The highest BCUT2D eigenvalue weighted by molar-refractivity contribution is 5.16. The van der Waals surface area contributed by atoms with E-state index in [2.05, 4.69) is 30.2 Å². The van der Waals surface area contributed by atoms with E-state index in [1.54, 1.807) is 0 Å². The summed E-state index contributed by atoms with van der Waals surface area (Å²) in [5.74, 6) is 1.35. The van der Waals surface area contributed by atoms with Gasteiger partial charge in [0.2, 0.25) is 0 Å². The molecular formula is C13H22N2. The summed E-state index contributed by atoms with van der Waals surface area (Å²) in [5, 5.41) is 3.29. The zero-order valence-corrected chi connectivity index (χ0v) is 10.0. The van der Waals surface area contributed by atoms with Crippen LogP contribution in [0.2, 0.25) is 0 Å². The molecular weight excluding hydrogens is 184 g/mol. The molecule has 0 amide bonds. The van der Waals surface area contributed by atoms with E-state index in [1.165, 1.54) is 18.4 Å². The number of nitrogens with zero attached hydrogens (tertiary/aromatic N) is 1. The van der Waals surface area contributed by atoms with Crippen molar-refractivity contribution in [2.45, 2.75) is 32.6 Å². The monoisotopic (exact) mass is 206 g/mol. The Morgan fingerprint density at radius 3 is 2.53 bits per heavy atom. The van der Waals surface area contributed by atoms with Gasteiger partial charge in [-0.1, -0.05) is 32.8 Å². The second-order valence-corrected chi connectivity index (χ2v) is 4.03. The Morgan fingerprint density at radius 2 is 2.07 bits per heavy atom. The van der Waals surface area contributed by atoms with Gasteiger partial charge in [0.15, 0.2) is 0 Å². The lowest BCUT2D eigenvalue weighted by Crippen LogP contribution is -2.23. The summed E-state index contributed by atoms with van der Waals surface area (Å²) in [4.78, 5) is 4.21. The molecule has 0 bridgehead atoms. The van der Waals surface area contributed by atoms with Gasteiger partial charge in [0.25, 0.3) is 0 Å². The van der Waals surface area contributed by atoms with Crippen molar-refractivity contribution in [2.24, 2.45) is 5.92 Å². The summed E-state index contributed by atoms with van der Waals surface area (Å²) >= 11 is 0. The summed E-state index contributed by atoms with van der Waals surface area (Å²) in [5.41, 5.74) is 1.36. The van der Waals surface area contributed by atoms with Crippen molar-refractivity contribution in [3.63, 3.8) is 0 Å². The average Bonchev–Trinajstić information content (AvgIpc) is 2.30. The molecule has 1 atom stereocenters. The highest BCUT2D eigenvalue weighted by atomic mass is 14.8. The van der Waals surface area contributed by atoms with Crippen LogP contribution < -0.4 is 5.32 Å². The number of hydrogen-bond donors (Lipinski definition) is 1. The molecule has 0 aliphatic heterocycles. The van der Waals surface area contributed by atoms with Crippen molar-refractivity contribution in [1.82, 2.24) is 10.3 Å². The molecule has 1 unspecified atom stereocenters. The second-order valence-electron chi connectivity index (χ2n) is 4.03. The van der Waals surface area contributed by atoms with E-state index in [-0.39, 0.29) is 0 Å². The summed E-state index contributed by atoms with van der Waals surface area (Å²) in [6, 6.07) is 4.22. The van der Waals surface area contributed by atoms with Crippen LogP contribution in [-0.2, 0) is 0 Å². The quantitative estimate of drug-likeness (QED) is 0.774. The molecule has 0 spiro atoms. The molecule has 1 N–H and O–H groups in total. The summed E-state index contributed by atoms with van der Waals surface area (Å²) in [7, 11) is 2.02. The van der Waals surface area contributed by atoms with Crippen LogP contribution in [0.3, 0.4) is 0 Å². The molecule has 0 saturated carbocycles. The van der Waals surface area contributed by atoms with Crippen LogP contribution in [0.1, 0.15) is 38.2 Å². The predicted octanol–water partition coefficient (Wildman–Crippen LogP) is 2.82. The van der Waals surface area contributed by atoms with E-state index in [1.807, 2.05) is 25.5 Å². The lowest BCUT2D eigenvalue weighted by molar-refractivity contribution is 0.387. The van der Waals surface area contributed by atoms with Crippen LogP contribution in [0.4, 0.5) is 0 Å². The van der Waals surface area contributed by atoms with E-state index >= 15 is 0 Å². The van der Waals surface area contributed by atoms with Crippen LogP contribution in [-0.4, -0.2) is 18.6 Å². The first-order valence-corrected chi connectivity index (χ1v) is 5.87. The molecule has 2 heteroatoms. The minimum absolute atomic E-state index is 0.596. The number of rotatable bonds is 6. The maximum Gasteiger partial charge on any atom is 0.0303 e. The first kappa shape index (κ1) is 12.2. The molecule has 1 aromatic rings. The Hall–Kier alpha value is -0.890. The summed E-state index contributed by atoms with van der Waals surface area (Å²) in [6.45, 7) is 5.58. The second kappa shape index (κ2) is 6.57. The van der Waals surface area contributed by atoms with Crippen LogP contribution in [0, 0.1) is 5.92 Å². The van der Waals surface area contributed by atoms with Gasteiger partial charge in [-0.2, -0.15) is 0 Å². The van der Waals surface area contributed by atoms with Crippen molar-refractivity contribution in [1.29, 1.82) is 0 Å². The van der Waals surface area contributed by atoms with Crippen LogP contribution in [0.25, 0.3) is 0 Å². The maximum absolute atomic E-state index is 4.21. The first-order chi connectivity index (χ1) is 7.33. The summed E-state index contributed by atoms with van der Waals surface area (Å²) < 4.78 is 0. The highest BCUT2D eigenvalue weighted by Crippen LogP contribution is 2.28. The SMILES string of the molecule is CCC(CC)C(CNC)c1cccnc1. The standard InChI is InChI=1S/C13H22N2/c1-4-11(5-2)13(10-14-3)12-7-6-8-15-9-12/h6-9,11,13-14H,4-5,10H2,1-3H3. The minimum atomic E-state index is 0.596. The molecule has 0 aromatic carbocycles. The van der Waals surface area contributed by atoms with Crippen LogP contribution >= 0.6 is 0 Å². The zero-order chi connectivity index (χ0) is 11.1. The van der Waals surface area contributed by atoms with Gasteiger partial charge in [0.1, 0.15) is 0 Å². The Balaban J connectivity index is 2.81. The Kier molecular flexibility index (Phi) is 5.33. The van der Waals surface area contributed by atoms with Crippen molar-refractivity contribution < 1.29 is 0 Å². The van der Waals surface area contributed by atoms with Gasteiger partial charge in [0.05, 0.1) is 0 Å². The Morgan fingerprint density at radius 1 is 1.33 bits per heavy atom. The maximum atomic E-state index is 4.21. The van der Waals surface area contributed by atoms with Crippen molar-refractivity contribution in [2.75, 3.05) is 13.6 Å². The summed E-state index contributed by atoms with van der Waals surface area (Å²) in [6.07, 6.45) is 6.31. The Bertz CT molecular complexity index is 254. The van der Waals surface area contributed by atoms with E-state index in [9.17, 15) is 0 Å². The smallest absolute Gasteiger partial charge is 0.0303 e. The third-order valence-electron chi connectivity index (χ3n) is 3.15. The molecule has 1 rings (SSSR count). The molecule has 15 heavy (non-hydrogen) atoms. The molecule has 0 aliphatic carbocycles. The number of nitrogens with one attached hydrogen (secondary N) is 1. The van der Waals surface area contributed by atoms with Crippen LogP contribution in [0.15, 0.2) is 24.5 Å². The van der Waals surface area contributed by atoms with Gasteiger partial charge < -0.3 is 5.32 Å². The number of hydrogen-bond acceptors (Lipinski definition) is 2. The minimum Gasteiger partial charge on any atom is -0.319 e. The van der Waals surface area contributed by atoms with Crippen molar-refractivity contribution in [3.05, 3.63) is 30.1 Å². The molecule has 0 radical (unpaired) electrons. The van der Waals surface area contributed by atoms with E-state index in [4.69, 9.17) is 0 Å². The van der Waals surface area contributed by atoms with E-state index in [0.717, 1.165) is 12.5 Å². The van der Waals surface area contributed by atoms with Crippen molar-refractivity contribution in [3.8, 4) is 0 Å². The first-order valence-electron chi connectivity index (χ1n) is 5.87. The van der Waals surface area contributed by atoms with Gasteiger partial charge in [0, 0.05) is 24.9 Å². The normalized spacial score (nSPS) is 13.1. The van der Waals surface area contributed by atoms with Crippen molar-refractivity contribution >= 4 is 0 Å². The molecule has 84 valence electrons. The topological polar surface area (TPSA) is 24.9 Å². The van der Waals surface area contributed by atoms with Gasteiger partial charge in [-0.3, -0.25) is 4.98 Å². The number of aromatic nitrogens is 1. The fourth-order valence-corrected chi connectivity index (χ4v) is 2.23. The van der Waals surface area contributed by atoms with Gasteiger partial charge in [-0.05, 0) is 24.6 Å². The fourth-order valence-electron chi connectivity index (χ4n) is 2.23. The lowest BCUT2D eigenvalue weighted by atomic mass is 9.83. The molecule has 1 heterocycles. The predicted molar refractivity (Wildman–Crippen MR) is 65.0 cm³/mol.